The van der Waals surface area contributed by atoms with Crippen LogP contribution >= 0.6 is 15.9 Å². The van der Waals surface area contributed by atoms with Crippen molar-refractivity contribution in [2.24, 2.45) is 0 Å². The van der Waals surface area contributed by atoms with Crippen LogP contribution in [0.4, 0.5) is 4.39 Å². The van der Waals surface area contributed by atoms with Crippen molar-refractivity contribution in [1.82, 2.24) is 10.2 Å². The maximum atomic E-state index is 13.9. The highest BCUT2D eigenvalue weighted by Gasteiger charge is 2.25. The molecule has 17 heavy (non-hydrogen) atoms. The Morgan fingerprint density at radius 2 is 2.12 bits per heavy atom. The maximum absolute atomic E-state index is 13.9. The third-order valence-corrected chi connectivity index (χ3v) is 3.79. The van der Waals surface area contributed by atoms with Crippen molar-refractivity contribution >= 4 is 15.9 Å². The highest BCUT2D eigenvalue weighted by Crippen LogP contribution is 2.30. The standard InChI is InChI=1S/C12H16BrFN2O/c13-9-2-1-3-10(14)12(9)11(8-17)16-6-4-15-5-7-16/h1-3,11,15,17H,4-8H2/t11-/m0/s1. The first-order valence-electron chi connectivity index (χ1n) is 5.73. The second-order valence-electron chi connectivity index (χ2n) is 4.12. The SMILES string of the molecule is OC[C@@H](c1c(F)cccc1Br)N1CCNCC1. The molecule has 1 aliphatic heterocycles. The van der Waals surface area contributed by atoms with Crippen LogP contribution in [-0.4, -0.2) is 42.8 Å². The fourth-order valence-corrected chi connectivity index (χ4v) is 2.82. The van der Waals surface area contributed by atoms with Gasteiger partial charge in [0.15, 0.2) is 0 Å². The molecule has 0 saturated carbocycles. The molecule has 1 aromatic carbocycles. The summed E-state index contributed by atoms with van der Waals surface area (Å²) in [6.45, 7) is 3.34. The van der Waals surface area contributed by atoms with Crippen LogP contribution in [0.25, 0.3) is 0 Å². The Bertz CT molecular complexity index is 363. The van der Waals surface area contributed by atoms with E-state index in [9.17, 15) is 9.50 Å². The van der Waals surface area contributed by atoms with Crippen LogP contribution in [0.1, 0.15) is 11.6 Å². The van der Waals surface area contributed by atoms with Crippen molar-refractivity contribution < 1.29 is 9.50 Å². The second-order valence-corrected chi connectivity index (χ2v) is 4.97. The van der Waals surface area contributed by atoms with Gasteiger partial charge in [-0.2, -0.15) is 0 Å². The molecule has 0 aromatic heterocycles. The Kier molecular flexibility index (Phi) is 4.50. The van der Waals surface area contributed by atoms with E-state index in [2.05, 4.69) is 26.1 Å². The van der Waals surface area contributed by atoms with Gasteiger partial charge in [0, 0.05) is 36.2 Å². The number of nitrogens with zero attached hydrogens (tertiary/aromatic N) is 1. The first-order valence-corrected chi connectivity index (χ1v) is 6.53. The lowest BCUT2D eigenvalue weighted by Gasteiger charge is -2.34. The first kappa shape index (κ1) is 13.0. The van der Waals surface area contributed by atoms with Crippen molar-refractivity contribution in [2.45, 2.75) is 6.04 Å². The summed E-state index contributed by atoms with van der Waals surface area (Å²) >= 11 is 3.36. The minimum atomic E-state index is -0.271. The number of aliphatic hydroxyl groups excluding tert-OH is 1. The summed E-state index contributed by atoms with van der Waals surface area (Å²) < 4.78 is 14.6. The Labute approximate surface area is 109 Å². The summed E-state index contributed by atoms with van der Waals surface area (Å²) in [5, 5.41) is 12.8. The molecule has 1 fully saturated rings. The molecule has 1 atom stereocenters. The van der Waals surface area contributed by atoms with Gasteiger partial charge in [0.05, 0.1) is 12.6 Å². The number of rotatable bonds is 3. The van der Waals surface area contributed by atoms with Crippen LogP contribution in [-0.2, 0) is 0 Å². The summed E-state index contributed by atoms with van der Waals surface area (Å²) in [6, 6.07) is 4.64. The molecule has 94 valence electrons. The number of halogens is 2. The minimum Gasteiger partial charge on any atom is -0.394 e. The van der Waals surface area contributed by atoms with Crippen molar-refractivity contribution in [3.8, 4) is 0 Å². The van der Waals surface area contributed by atoms with Crippen LogP contribution in [0, 0.1) is 5.82 Å². The van der Waals surface area contributed by atoms with Crippen LogP contribution in [0.2, 0.25) is 0 Å². The number of aliphatic hydroxyl groups is 1. The van der Waals surface area contributed by atoms with Gasteiger partial charge in [0.1, 0.15) is 5.82 Å². The Morgan fingerprint density at radius 3 is 2.71 bits per heavy atom. The number of benzene rings is 1. The first-order chi connectivity index (χ1) is 8.24. The molecule has 1 heterocycles. The van der Waals surface area contributed by atoms with E-state index in [0.717, 1.165) is 30.7 Å². The molecule has 0 bridgehead atoms. The van der Waals surface area contributed by atoms with Gasteiger partial charge in [-0.25, -0.2) is 4.39 Å². The fourth-order valence-electron chi connectivity index (χ4n) is 2.21. The molecule has 1 saturated heterocycles. The maximum Gasteiger partial charge on any atom is 0.129 e. The fraction of sp³-hybridized carbons (Fsp3) is 0.500. The van der Waals surface area contributed by atoms with Gasteiger partial charge in [-0.05, 0) is 12.1 Å². The van der Waals surface area contributed by atoms with Crippen LogP contribution in [0.5, 0.6) is 0 Å². The van der Waals surface area contributed by atoms with Gasteiger partial charge < -0.3 is 10.4 Å². The molecule has 1 aromatic rings. The van der Waals surface area contributed by atoms with E-state index in [1.54, 1.807) is 6.07 Å². The minimum absolute atomic E-state index is 0.0699. The van der Waals surface area contributed by atoms with Crippen molar-refractivity contribution in [1.29, 1.82) is 0 Å². The molecular formula is C12H16BrFN2O. The average molecular weight is 303 g/mol. The molecule has 2 N–H and O–H groups in total. The quantitative estimate of drug-likeness (QED) is 0.889. The summed E-state index contributed by atoms with van der Waals surface area (Å²) in [4.78, 5) is 2.11. The third-order valence-electron chi connectivity index (χ3n) is 3.10. The molecule has 0 spiro atoms. The van der Waals surface area contributed by atoms with Crippen molar-refractivity contribution in [3.05, 3.63) is 34.1 Å². The zero-order valence-electron chi connectivity index (χ0n) is 9.50. The number of hydrogen-bond donors (Lipinski definition) is 2. The molecule has 5 heteroatoms. The van der Waals surface area contributed by atoms with E-state index < -0.39 is 0 Å². The monoisotopic (exact) mass is 302 g/mol. The number of hydrogen-bond acceptors (Lipinski definition) is 3. The van der Waals surface area contributed by atoms with Gasteiger partial charge in [-0.15, -0.1) is 0 Å². The van der Waals surface area contributed by atoms with Gasteiger partial charge >= 0.3 is 0 Å². The van der Waals surface area contributed by atoms with E-state index in [0.29, 0.717) is 5.56 Å². The van der Waals surface area contributed by atoms with Crippen LogP contribution < -0.4 is 5.32 Å². The Hall–Kier alpha value is -0.490. The van der Waals surface area contributed by atoms with E-state index >= 15 is 0 Å². The highest BCUT2D eigenvalue weighted by molar-refractivity contribution is 9.10. The molecule has 0 aliphatic carbocycles. The van der Waals surface area contributed by atoms with Crippen molar-refractivity contribution in [2.75, 3.05) is 32.8 Å². The summed E-state index contributed by atoms with van der Waals surface area (Å²) in [6.07, 6.45) is 0. The molecule has 3 nitrogen and oxygen atoms in total. The zero-order valence-corrected chi connectivity index (χ0v) is 11.1. The summed E-state index contributed by atoms with van der Waals surface area (Å²) in [5.41, 5.74) is 0.553. The summed E-state index contributed by atoms with van der Waals surface area (Å²) in [5.74, 6) is -0.267. The molecule has 0 amide bonds. The second kappa shape index (κ2) is 5.91. The van der Waals surface area contributed by atoms with Gasteiger partial charge in [-0.3, -0.25) is 4.90 Å². The largest absolute Gasteiger partial charge is 0.394 e. The zero-order chi connectivity index (χ0) is 12.3. The van der Waals surface area contributed by atoms with Gasteiger partial charge in [-0.1, -0.05) is 22.0 Å². The molecule has 0 radical (unpaired) electrons. The molecule has 0 unspecified atom stereocenters. The predicted molar refractivity (Wildman–Crippen MR) is 68.4 cm³/mol. The van der Waals surface area contributed by atoms with E-state index in [1.165, 1.54) is 6.07 Å². The van der Waals surface area contributed by atoms with Crippen LogP contribution in [0.15, 0.2) is 22.7 Å². The van der Waals surface area contributed by atoms with Gasteiger partial charge in [0.25, 0.3) is 0 Å². The molecule has 2 rings (SSSR count). The van der Waals surface area contributed by atoms with Gasteiger partial charge in [0.2, 0.25) is 0 Å². The van der Waals surface area contributed by atoms with E-state index in [1.807, 2.05) is 6.07 Å². The third kappa shape index (κ3) is 2.85. The lowest BCUT2D eigenvalue weighted by molar-refractivity contribution is 0.108. The number of piperazine rings is 1. The summed E-state index contributed by atoms with van der Waals surface area (Å²) in [7, 11) is 0. The Balaban J connectivity index is 2.27. The average Bonchev–Trinajstić information content (AvgIpc) is 2.35. The van der Waals surface area contributed by atoms with E-state index in [-0.39, 0.29) is 18.5 Å². The smallest absolute Gasteiger partial charge is 0.129 e. The lowest BCUT2D eigenvalue weighted by atomic mass is 10.0. The predicted octanol–water partition coefficient (Wildman–Crippen LogP) is 1.53. The normalized spacial score (nSPS) is 19.2. The Morgan fingerprint density at radius 1 is 1.41 bits per heavy atom. The lowest BCUT2D eigenvalue weighted by Crippen LogP contribution is -2.46. The number of nitrogens with one attached hydrogen (secondary N) is 1. The topological polar surface area (TPSA) is 35.5 Å². The van der Waals surface area contributed by atoms with E-state index in [4.69, 9.17) is 0 Å². The van der Waals surface area contributed by atoms with Crippen LogP contribution in [0.3, 0.4) is 0 Å². The molecule has 1 aliphatic rings. The molecular weight excluding hydrogens is 287 g/mol. The van der Waals surface area contributed by atoms with Crippen molar-refractivity contribution in [3.63, 3.8) is 0 Å². The highest BCUT2D eigenvalue weighted by atomic mass is 79.9.